The standard InChI is InChI=1S/C49H31N/c1-2-15-33(16-3-1)50-43(28-41-38-21-8-12-30-25-26-31-13-9-22-40(48(41)50)45(31)44(30)38)47-36-19-6-4-17-34(36)46(35-18-5-7-20-37(35)47)39-23-11-27-49-29-32(49)14-10-24-42(39)49/h1-28,32H,29H2. The number of benzene rings is 8. The predicted molar refractivity (Wildman–Crippen MR) is 212 cm³/mol. The molecule has 12 rings (SSSR count). The zero-order valence-electron chi connectivity index (χ0n) is 27.4. The van der Waals surface area contributed by atoms with Gasteiger partial charge in [-0.3, -0.25) is 0 Å². The molecule has 1 fully saturated rings. The van der Waals surface area contributed by atoms with Crippen LogP contribution in [0, 0.1) is 11.3 Å². The number of hydrogen-bond acceptors (Lipinski definition) is 0. The second-order valence-corrected chi connectivity index (χ2v) is 14.4. The maximum absolute atomic E-state index is 2.55. The van der Waals surface area contributed by atoms with E-state index >= 15 is 0 Å². The van der Waals surface area contributed by atoms with Crippen molar-refractivity contribution in [3.8, 4) is 16.9 Å². The van der Waals surface area contributed by atoms with Gasteiger partial charge < -0.3 is 4.57 Å². The first-order valence-corrected chi connectivity index (χ1v) is 17.8. The van der Waals surface area contributed by atoms with Crippen molar-refractivity contribution in [3.05, 3.63) is 181 Å². The molecule has 2 atom stereocenters. The molecule has 3 aliphatic rings. The molecule has 1 nitrogen and oxygen atoms in total. The largest absolute Gasteiger partial charge is 0.309 e. The molecule has 9 aromatic rings. The molecule has 50 heavy (non-hydrogen) atoms. The fourth-order valence-corrected chi connectivity index (χ4v) is 9.82. The van der Waals surface area contributed by atoms with Gasteiger partial charge in [0.05, 0.1) is 11.2 Å². The van der Waals surface area contributed by atoms with Crippen molar-refractivity contribution in [2.24, 2.45) is 11.3 Å². The summed E-state index contributed by atoms with van der Waals surface area (Å²) in [5.74, 6) is 0.609. The first kappa shape index (κ1) is 26.7. The van der Waals surface area contributed by atoms with Gasteiger partial charge in [0.25, 0.3) is 0 Å². The van der Waals surface area contributed by atoms with E-state index in [1.54, 1.807) is 0 Å². The molecule has 0 N–H and O–H groups in total. The first-order valence-electron chi connectivity index (χ1n) is 17.8. The number of rotatable bonds is 3. The molecule has 1 heterocycles. The second-order valence-electron chi connectivity index (χ2n) is 14.4. The maximum atomic E-state index is 2.55. The summed E-state index contributed by atoms with van der Waals surface area (Å²) in [6.45, 7) is 0. The summed E-state index contributed by atoms with van der Waals surface area (Å²) in [5.41, 5.74) is 9.27. The van der Waals surface area contributed by atoms with Gasteiger partial charge in [0.1, 0.15) is 0 Å². The molecule has 1 saturated carbocycles. The number of para-hydroxylation sites is 1. The molecule has 1 spiro atoms. The van der Waals surface area contributed by atoms with E-state index in [4.69, 9.17) is 0 Å². The molecular formula is C49H31N. The van der Waals surface area contributed by atoms with Gasteiger partial charge in [0, 0.05) is 27.4 Å². The average molecular weight is 634 g/mol. The quantitative estimate of drug-likeness (QED) is 0.135. The minimum atomic E-state index is 0.151. The van der Waals surface area contributed by atoms with Crippen LogP contribution < -0.4 is 0 Å². The normalized spacial score (nSPS) is 19.5. The lowest BCUT2D eigenvalue weighted by Gasteiger charge is -2.28. The molecule has 0 radical (unpaired) electrons. The highest BCUT2D eigenvalue weighted by molar-refractivity contribution is 6.34. The summed E-state index contributed by atoms with van der Waals surface area (Å²) >= 11 is 0. The van der Waals surface area contributed by atoms with Crippen LogP contribution in [0.25, 0.3) is 87.3 Å². The molecule has 2 unspecified atom stereocenters. The Morgan fingerprint density at radius 2 is 1.14 bits per heavy atom. The highest BCUT2D eigenvalue weighted by Gasteiger charge is 2.55. The summed E-state index contributed by atoms with van der Waals surface area (Å²) < 4.78 is 2.55. The Bertz CT molecular complexity index is 3000. The van der Waals surface area contributed by atoms with Crippen molar-refractivity contribution in [1.82, 2.24) is 4.57 Å². The van der Waals surface area contributed by atoms with Crippen LogP contribution in [-0.2, 0) is 0 Å². The smallest absolute Gasteiger partial charge is 0.0620 e. The van der Waals surface area contributed by atoms with E-state index in [0.29, 0.717) is 5.92 Å². The van der Waals surface area contributed by atoms with E-state index in [1.807, 2.05) is 0 Å². The molecule has 232 valence electrons. The Hall–Kier alpha value is -6.18. The molecular weight excluding hydrogens is 603 g/mol. The monoisotopic (exact) mass is 633 g/mol. The zero-order chi connectivity index (χ0) is 32.6. The molecule has 1 heteroatoms. The van der Waals surface area contributed by atoms with Gasteiger partial charge in [-0.25, -0.2) is 0 Å². The van der Waals surface area contributed by atoms with Crippen LogP contribution in [0.2, 0.25) is 0 Å². The molecule has 1 aromatic heterocycles. The van der Waals surface area contributed by atoms with Crippen LogP contribution >= 0.6 is 0 Å². The SMILES string of the molecule is C1=CC2CC23C=CC=C(c2c4ccccc4c(-c4cc5c6cccc7ccc8cccc(c8c76)c5n4-c4ccccc4)c4ccccc24)C3=C1. The minimum absolute atomic E-state index is 0.151. The average Bonchev–Trinajstić information content (AvgIpc) is 3.76. The van der Waals surface area contributed by atoms with E-state index in [9.17, 15) is 0 Å². The molecule has 8 aromatic carbocycles. The van der Waals surface area contributed by atoms with Gasteiger partial charge in [0.2, 0.25) is 0 Å². The van der Waals surface area contributed by atoms with E-state index in [0.717, 1.165) is 0 Å². The molecule has 3 aliphatic carbocycles. The molecule has 0 amide bonds. The van der Waals surface area contributed by atoms with Crippen molar-refractivity contribution >= 4 is 70.3 Å². The molecule has 0 bridgehead atoms. The third-order valence-corrected chi connectivity index (χ3v) is 12.0. The summed E-state index contributed by atoms with van der Waals surface area (Å²) in [7, 11) is 0. The van der Waals surface area contributed by atoms with Gasteiger partial charge >= 0.3 is 0 Å². The van der Waals surface area contributed by atoms with Crippen LogP contribution in [-0.4, -0.2) is 4.57 Å². The van der Waals surface area contributed by atoms with Gasteiger partial charge in [-0.1, -0.05) is 152 Å². The Morgan fingerprint density at radius 3 is 1.86 bits per heavy atom. The van der Waals surface area contributed by atoms with Crippen molar-refractivity contribution < 1.29 is 0 Å². The second kappa shape index (κ2) is 9.49. The summed E-state index contributed by atoms with van der Waals surface area (Å²) in [4.78, 5) is 0. The van der Waals surface area contributed by atoms with Crippen LogP contribution in [0.4, 0.5) is 0 Å². The number of hydrogen-bond donors (Lipinski definition) is 0. The summed E-state index contributed by atoms with van der Waals surface area (Å²) in [6, 6.07) is 49.9. The van der Waals surface area contributed by atoms with Crippen molar-refractivity contribution in [2.75, 3.05) is 0 Å². The van der Waals surface area contributed by atoms with Crippen molar-refractivity contribution in [3.63, 3.8) is 0 Å². The third kappa shape index (κ3) is 3.32. The van der Waals surface area contributed by atoms with Crippen LogP contribution in [0.15, 0.2) is 175 Å². The number of allylic oxidation sites excluding steroid dienone is 8. The van der Waals surface area contributed by atoms with Gasteiger partial charge in [0.15, 0.2) is 0 Å². The zero-order valence-corrected chi connectivity index (χ0v) is 27.4. The lowest BCUT2D eigenvalue weighted by atomic mass is 9.76. The first-order chi connectivity index (χ1) is 24.8. The van der Waals surface area contributed by atoms with E-state index in [-0.39, 0.29) is 5.41 Å². The summed E-state index contributed by atoms with van der Waals surface area (Å²) in [6.07, 6.45) is 15.4. The lowest BCUT2D eigenvalue weighted by molar-refractivity contribution is 0.744. The maximum Gasteiger partial charge on any atom is 0.0620 e. The van der Waals surface area contributed by atoms with Crippen LogP contribution in [0.5, 0.6) is 0 Å². The van der Waals surface area contributed by atoms with Gasteiger partial charge in [-0.05, 0) is 95.7 Å². The van der Waals surface area contributed by atoms with Crippen LogP contribution in [0.3, 0.4) is 0 Å². The molecule has 0 aliphatic heterocycles. The predicted octanol–water partition coefficient (Wildman–Crippen LogP) is 13.0. The lowest BCUT2D eigenvalue weighted by Crippen LogP contribution is -2.12. The van der Waals surface area contributed by atoms with Gasteiger partial charge in [-0.15, -0.1) is 0 Å². The van der Waals surface area contributed by atoms with Crippen LogP contribution in [0.1, 0.15) is 12.0 Å². The summed E-state index contributed by atoms with van der Waals surface area (Å²) in [5, 5.41) is 14.3. The van der Waals surface area contributed by atoms with E-state index in [1.165, 1.54) is 105 Å². The highest BCUT2D eigenvalue weighted by atomic mass is 15.0. The third-order valence-electron chi connectivity index (χ3n) is 12.0. The number of aromatic nitrogens is 1. The van der Waals surface area contributed by atoms with E-state index in [2.05, 4.69) is 174 Å². The Balaban J connectivity index is 1.27. The fourth-order valence-electron chi connectivity index (χ4n) is 9.82. The fraction of sp³-hybridized carbons (Fsp3) is 0.0612. The Labute approximate surface area is 289 Å². The van der Waals surface area contributed by atoms with Crippen molar-refractivity contribution in [1.29, 1.82) is 0 Å². The Morgan fingerprint density at radius 1 is 0.520 bits per heavy atom. The van der Waals surface area contributed by atoms with E-state index < -0.39 is 0 Å². The van der Waals surface area contributed by atoms with Gasteiger partial charge in [-0.2, -0.15) is 0 Å². The minimum Gasteiger partial charge on any atom is -0.309 e. The molecule has 0 saturated heterocycles. The van der Waals surface area contributed by atoms with Crippen molar-refractivity contribution in [2.45, 2.75) is 6.42 Å². The highest BCUT2D eigenvalue weighted by Crippen LogP contribution is 2.66. The number of nitrogens with zero attached hydrogens (tertiary/aromatic N) is 1. The topological polar surface area (TPSA) is 4.93 Å². The Kier molecular flexibility index (Phi) is 5.08. The number of fused-ring (bicyclic) bond motifs is 5.